The van der Waals surface area contributed by atoms with Crippen molar-refractivity contribution < 1.29 is 0 Å². The predicted molar refractivity (Wildman–Crippen MR) is 74.7 cm³/mol. The summed E-state index contributed by atoms with van der Waals surface area (Å²) in [5, 5.41) is 3.28. The van der Waals surface area contributed by atoms with E-state index in [9.17, 15) is 0 Å². The van der Waals surface area contributed by atoms with Gasteiger partial charge in [-0.2, -0.15) is 0 Å². The summed E-state index contributed by atoms with van der Waals surface area (Å²) in [4.78, 5) is 0. The average molecular weight is 231 g/mol. The maximum absolute atomic E-state index is 5.93. The lowest BCUT2D eigenvalue weighted by Gasteiger charge is -2.21. The highest BCUT2D eigenvalue weighted by Gasteiger charge is 2.11. The number of hydrogen-bond donors (Lipinski definition) is 2. The van der Waals surface area contributed by atoms with E-state index in [1.54, 1.807) is 0 Å². The molecule has 0 saturated carbocycles. The summed E-state index contributed by atoms with van der Waals surface area (Å²) in [5.41, 5.74) is 8.29. The molecule has 0 spiro atoms. The molecule has 3 N–H and O–H groups in total. The van der Waals surface area contributed by atoms with E-state index >= 15 is 0 Å². The second-order valence-electron chi connectivity index (χ2n) is 5.07. The van der Waals surface area contributed by atoms with Crippen LogP contribution >= 0.6 is 0 Å². The molecule has 1 aromatic carbocycles. The molecule has 0 aliphatic rings. The minimum absolute atomic E-state index is 0.0458. The van der Waals surface area contributed by atoms with Crippen molar-refractivity contribution in [3.05, 3.63) is 41.5 Å². The Bertz CT molecular complexity index is 378. The zero-order valence-electron chi connectivity index (χ0n) is 11.2. The number of nitrogens with two attached hydrogens (primary N) is 1. The third kappa shape index (κ3) is 4.33. The predicted octanol–water partition coefficient (Wildman–Crippen LogP) is 2.91. The van der Waals surface area contributed by atoms with E-state index in [-0.39, 0.29) is 11.6 Å². The van der Waals surface area contributed by atoms with E-state index in [0.717, 1.165) is 17.5 Å². The van der Waals surface area contributed by atoms with Crippen molar-refractivity contribution in [2.45, 2.75) is 38.8 Å². The van der Waals surface area contributed by atoms with Crippen LogP contribution in [0.3, 0.4) is 0 Å². The van der Waals surface area contributed by atoms with Gasteiger partial charge in [0.05, 0.1) is 0 Å². The van der Waals surface area contributed by atoms with Crippen LogP contribution in [0.4, 0.5) is 0 Å². The molecule has 17 heavy (non-hydrogen) atoms. The summed E-state index contributed by atoms with van der Waals surface area (Å²) < 4.78 is 0. The van der Waals surface area contributed by atoms with E-state index in [2.05, 4.69) is 43.4 Å². The highest BCUT2D eigenvalue weighted by atomic mass is 14.9. The van der Waals surface area contributed by atoms with Gasteiger partial charge in [0.2, 0.25) is 0 Å². The molecule has 0 aliphatic carbocycles. The first kappa shape index (κ1) is 13.9. The lowest BCUT2D eigenvalue weighted by atomic mass is 9.98. The molecular formula is C15H23N2. The van der Waals surface area contributed by atoms with E-state index < -0.39 is 0 Å². The molecule has 0 saturated heterocycles. The third-order valence-electron chi connectivity index (χ3n) is 3.00. The van der Waals surface area contributed by atoms with Crippen LogP contribution in [-0.4, -0.2) is 12.6 Å². The van der Waals surface area contributed by atoms with Gasteiger partial charge in [0, 0.05) is 11.6 Å². The summed E-state index contributed by atoms with van der Waals surface area (Å²) in [6, 6.07) is 9.25. The van der Waals surface area contributed by atoms with E-state index in [4.69, 9.17) is 5.73 Å². The van der Waals surface area contributed by atoms with Gasteiger partial charge in [0.1, 0.15) is 0 Å². The van der Waals surface area contributed by atoms with Crippen molar-refractivity contribution in [1.82, 2.24) is 5.32 Å². The van der Waals surface area contributed by atoms with Crippen molar-refractivity contribution >= 4 is 6.08 Å². The smallest absolute Gasteiger partial charge is 0.0272 e. The maximum Gasteiger partial charge on any atom is 0.0272 e. The lowest BCUT2D eigenvalue weighted by molar-refractivity contribution is 0.430. The van der Waals surface area contributed by atoms with Crippen LogP contribution < -0.4 is 11.1 Å². The SMILES string of the molecule is CNC(C)(C)C/C=C/c1[c]cccc1C(C)N. The van der Waals surface area contributed by atoms with Crippen LogP contribution in [0.2, 0.25) is 0 Å². The van der Waals surface area contributed by atoms with E-state index in [1.165, 1.54) is 0 Å². The Balaban J connectivity index is 2.78. The van der Waals surface area contributed by atoms with Gasteiger partial charge in [-0.1, -0.05) is 30.4 Å². The molecule has 2 nitrogen and oxygen atoms in total. The van der Waals surface area contributed by atoms with Gasteiger partial charge in [-0.3, -0.25) is 0 Å². The largest absolute Gasteiger partial charge is 0.324 e. The summed E-state index contributed by atoms with van der Waals surface area (Å²) >= 11 is 0. The zero-order valence-corrected chi connectivity index (χ0v) is 11.2. The Labute approximate surface area is 105 Å². The van der Waals surface area contributed by atoms with Crippen molar-refractivity contribution in [3.8, 4) is 0 Å². The Kier molecular flexibility index (Phi) is 4.91. The molecule has 1 radical (unpaired) electrons. The van der Waals surface area contributed by atoms with Crippen LogP contribution in [0, 0.1) is 6.07 Å². The zero-order chi connectivity index (χ0) is 12.9. The number of benzene rings is 1. The molecular weight excluding hydrogens is 208 g/mol. The molecule has 1 atom stereocenters. The lowest BCUT2D eigenvalue weighted by Crippen LogP contribution is -2.35. The normalized spacial score (nSPS) is 14.2. The molecule has 2 heteroatoms. The summed E-state index contributed by atoms with van der Waals surface area (Å²) in [6.45, 7) is 6.36. The van der Waals surface area contributed by atoms with Gasteiger partial charge >= 0.3 is 0 Å². The van der Waals surface area contributed by atoms with Gasteiger partial charge in [0.25, 0.3) is 0 Å². The maximum atomic E-state index is 5.93. The second-order valence-corrected chi connectivity index (χ2v) is 5.07. The van der Waals surface area contributed by atoms with Crippen molar-refractivity contribution in [2.75, 3.05) is 7.05 Å². The van der Waals surface area contributed by atoms with Gasteiger partial charge in [-0.05, 0) is 51.4 Å². The highest BCUT2D eigenvalue weighted by molar-refractivity contribution is 5.54. The van der Waals surface area contributed by atoms with Gasteiger partial charge in [-0.25, -0.2) is 0 Å². The molecule has 0 fully saturated rings. The summed E-state index contributed by atoms with van der Waals surface area (Å²) in [7, 11) is 1.98. The standard InChI is InChI=1S/C15H23N2/c1-12(16)14-10-6-5-8-13(14)9-7-11-15(2,3)17-4/h5-7,9-10,12,17H,11,16H2,1-4H3/b9-7+. The first-order valence-corrected chi connectivity index (χ1v) is 6.08. The van der Waals surface area contributed by atoms with Crippen LogP contribution in [0.1, 0.15) is 44.4 Å². The molecule has 0 aliphatic heterocycles. The van der Waals surface area contributed by atoms with Crippen LogP contribution in [0.15, 0.2) is 24.3 Å². The Morgan fingerprint density at radius 2 is 2.24 bits per heavy atom. The quantitative estimate of drug-likeness (QED) is 0.817. The number of nitrogens with one attached hydrogen (secondary N) is 1. The molecule has 0 amide bonds. The number of rotatable bonds is 5. The highest BCUT2D eigenvalue weighted by Crippen LogP contribution is 2.17. The Morgan fingerprint density at radius 3 is 2.82 bits per heavy atom. The third-order valence-corrected chi connectivity index (χ3v) is 3.00. The van der Waals surface area contributed by atoms with Crippen molar-refractivity contribution in [2.24, 2.45) is 5.73 Å². The molecule has 0 aromatic heterocycles. The average Bonchev–Trinajstić information content (AvgIpc) is 2.29. The fraction of sp³-hybridized carbons (Fsp3) is 0.467. The fourth-order valence-electron chi connectivity index (χ4n) is 1.58. The van der Waals surface area contributed by atoms with Crippen LogP contribution in [-0.2, 0) is 0 Å². The Morgan fingerprint density at radius 1 is 1.53 bits per heavy atom. The number of hydrogen-bond acceptors (Lipinski definition) is 2. The summed E-state index contributed by atoms with van der Waals surface area (Å²) in [5.74, 6) is 0. The first-order chi connectivity index (χ1) is 7.96. The monoisotopic (exact) mass is 231 g/mol. The van der Waals surface area contributed by atoms with E-state index in [1.807, 2.05) is 26.1 Å². The van der Waals surface area contributed by atoms with Crippen molar-refractivity contribution in [1.29, 1.82) is 0 Å². The minimum atomic E-state index is 0.0458. The molecule has 0 bridgehead atoms. The van der Waals surface area contributed by atoms with Crippen molar-refractivity contribution in [3.63, 3.8) is 0 Å². The van der Waals surface area contributed by atoms with E-state index in [0.29, 0.717) is 0 Å². The summed E-state index contributed by atoms with van der Waals surface area (Å²) in [6.07, 6.45) is 5.26. The van der Waals surface area contributed by atoms with Crippen LogP contribution in [0.5, 0.6) is 0 Å². The Hall–Kier alpha value is -1.12. The van der Waals surface area contributed by atoms with Gasteiger partial charge in [0.15, 0.2) is 0 Å². The van der Waals surface area contributed by atoms with Gasteiger partial charge in [-0.15, -0.1) is 0 Å². The fourth-order valence-corrected chi connectivity index (χ4v) is 1.58. The van der Waals surface area contributed by atoms with Crippen LogP contribution in [0.25, 0.3) is 6.08 Å². The minimum Gasteiger partial charge on any atom is -0.324 e. The first-order valence-electron chi connectivity index (χ1n) is 6.08. The molecule has 1 rings (SSSR count). The molecule has 0 heterocycles. The second kappa shape index (κ2) is 5.99. The van der Waals surface area contributed by atoms with Gasteiger partial charge < -0.3 is 11.1 Å². The molecule has 93 valence electrons. The molecule has 1 aromatic rings. The topological polar surface area (TPSA) is 38.0 Å². The molecule has 1 unspecified atom stereocenters.